The van der Waals surface area contributed by atoms with Gasteiger partial charge in [-0.3, -0.25) is 20.4 Å². The van der Waals surface area contributed by atoms with Gasteiger partial charge in [-0.2, -0.15) is 0 Å². The molecule has 0 saturated carbocycles. The second-order valence-corrected chi connectivity index (χ2v) is 5.52. The van der Waals surface area contributed by atoms with Crippen LogP contribution in [0.5, 0.6) is 5.75 Å². The van der Waals surface area contributed by atoms with Crippen LogP contribution in [0.2, 0.25) is 0 Å². The van der Waals surface area contributed by atoms with Crippen molar-refractivity contribution in [3.63, 3.8) is 0 Å². The van der Waals surface area contributed by atoms with Crippen molar-refractivity contribution in [3.05, 3.63) is 64.2 Å². The molecule has 7 heteroatoms. The van der Waals surface area contributed by atoms with E-state index in [2.05, 4.69) is 10.9 Å². The first-order chi connectivity index (χ1) is 11.8. The van der Waals surface area contributed by atoms with Gasteiger partial charge in [0.1, 0.15) is 5.75 Å². The summed E-state index contributed by atoms with van der Waals surface area (Å²) in [5.41, 5.74) is 6.40. The van der Waals surface area contributed by atoms with Crippen molar-refractivity contribution in [3.8, 4) is 5.75 Å². The maximum absolute atomic E-state index is 13.1. The van der Waals surface area contributed by atoms with Gasteiger partial charge in [0.15, 0.2) is 11.6 Å². The average molecular weight is 348 g/mol. The third-order valence-corrected chi connectivity index (χ3v) is 3.83. The van der Waals surface area contributed by atoms with E-state index in [1.54, 1.807) is 6.92 Å². The molecular weight excluding hydrogens is 330 g/mol. The quantitative estimate of drug-likeness (QED) is 0.743. The van der Waals surface area contributed by atoms with Crippen molar-refractivity contribution in [2.45, 2.75) is 26.7 Å². The van der Waals surface area contributed by atoms with Crippen LogP contribution in [0.3, 0.4) is 0 Å². The second-order valence-electron chi connectivity index (χ2n) is 5.52. The number of phenols is 1. The summed E-state index contributed by atoms with van der Waals surface area (Å²) in [7, 11) is 0. The van der Waals surface area contributed by atoms with E-state index in [1.165, 1.54) is 18.2 Å². The molecule has 0 radical (unpaired) electrons. The number of carbonyl (C=O) groups excluding carboxylic acids is 2. The molecular formula is C18H18F2N2O3. The van der Waals surface area contributed by atoms with Crippen molar-refractivity contribution >= 4 is 11.8 Å². The Morgan fingerprint density at radius 3 is 2.44 bits per heavy atom. The number of hydrogen-bond donors (Lipinski definition) is 3. The molecule has 132 valence electrons. The Balaban J connectivity index is 2.01. The maximum Gasteiger partial charge on any atom is 0.269 e. The Hall–Kier alpha value is -2.96. The normalized spacial score (nSPS) is 10.4. The van der Waals surface area contributed by atoms with Gasteiger partial charge >= 0.3 is 0 Å². The molecule has 0 spiro atoms. The van der Waals surface area contributed by atoms with Crippen LogP contribution >= 0.6 is 0 Å². The number of benzene rings is 2. The summed E-state index contributed by atoms with van der Waals surface area (Å²) in [5, 5.41) is 9.70. The third-order valence-electron chi connectivity index (χ3n) is 3.83. The minimum absolute atomic E-state index is 0.0933. The topological polar surface area (TPSA) is 78.4 Å². The van der Waals surface area contributed by atoms with Gasteiger partial charge in [0, 0.05) is 5.56 Å². The van der Waals surface area contributed by atoms with Gasteiger partial charge in [-0.1, -0.05) is 13.0 Å². The van der Waals surface area contributed by atoms with Gasteiger partial charge in [-0.15, -0.1) is 0 Å². The summed E-state index contributed by atoms with van der Waals surface area (Å²) < 4.78 is 26.0. The zero-order valence-corrected chi connectivity index (χ0v) is 13.8. The van der Waals surface area contributed by atoms with Gasteiger partial charge in [0.2, 0.25) is 5.91 Å². The lowest BCUT2D eigenvalue weighted by atomic mass is 9.98. The van der Waals surface area contributed by atoms with E-state index in [-0.39, 0.29) is 17.7 Å². The van der Waals surface area contributed by atoms with Crippen LogP contribution in [0.15, 0.2) is 30.3 Å². The Morgan fingerprint density at radius 1 is 1.08 bits per heavy atom. The number of carbonyl (C=O) groups is 2. The molecule has 0 saturated heterocycles. The van der Waals surface area contributed by atoms with E-state index in [4.69, 9.17) is 0 Å². The average Bonchev–Trinajstić information content (AvgIpc) is 2.58. The molecule has 0 aromatic heterocycles. The largest absolute Gasteiger partial charge is 0.508 e. The molecule has 2 rings (SSSR count). The highest BCUT2D eigenvalue weighted by atomic mass is 19.2. The van der Waals surface area contributed by atoms with Crippen LogP contribution in [0, 0.1) is 18.6 Å². The van der Waals surface area contributed by atoms with E-state index in [0.29, 0.717) is 23.1 Å². The van der Waals surface area contributed by atoms with Gasteiger partial charge < -0.3 is 5.11 Å². The first kappa shape index (κ1) is 18.4. The second kappa shape index (κ2) is 7.74. The maximum atomic E-state index is 13.1. The summed E-state index contributed by atoms with van der Waals surface area (Å²) in [6, 6.07) is 6.03. The molecule has 5 nitrogen and oxygen atoms in total. The molecule has 0 unspecified atom stereocenters. The number of hydrogen-bond acceptors (Lipinski definition) is 3. The number of phenolic OH excluding ortho intramolecular Hbond substituents is 1. The monoisotopic (exact) mass is 348 g/mol. The van der Waals surface area contributed by atoms with Crippen LogP contribution < -0.4 is 10.9 Å². The first-order valence-corrected chi connectivity index (χ1v) is 7.68. The van der Waals surface area contributed by atoms with Crippen LogP contribution in [-0.2, 0) is 17.6 Å². The minimum atomic E-state index is -1.04. The van der Waals surface area contributed by atoms with E-state index < -0.39 is 23.4 Å². The van der Waals surface area contributed by atoms with Crippen molar-refractivity contribution < 1.29 is 23.5 Å². The number of hydrazine groups is 1. The van der Waals surface area contributed by atoms with Crippen molar-refractivity contribution in [1.29, 1.82) is 0 Å². The zero-order valence-electron chi connectivity index (χ0n) is 13.8. The fourth-order valence-corrected chi connectivity index (χ4v) is 2.49. The van der Waals surface area contributed by atoms with E-state index in [9.17, 15) is 23.5 Å². The lowest BCUT2D eigenvalue weighted by molar-refractivity contribution is -0.121. The number of halogens is 2. The molecule has 3 N–H and O–H groups in total. The molecule has 0 heterocycles. The van der Waals surface area contributed by atoms with Crippen molar-refractivity contribution in [1.82, 2.24) is 10.9 Å². The molecule has 25 heavy (non-hydrogen) atoms. The number of amides is 2. The van der Waals surface area contributed by atoms with Gasteiger partial charge in [-0.25, -0.2) is 8.78 Å². The van der Waals surface area contributed by atoms with E-state index in [1.807, 2.05) is 6.92 Å². The summed E-state index contributed by atoms with van der Waals surface area (Å²) in [6.45, 7) is 3.55. The summed E-state index contributed by atoms with van der Waals surface area (Å²) in [4.78, 5) is 24.1. The molecule has 0 bridgehead atoms. The summed E-state index contributed by atoms with van der Waals surface area (Å²) >= 11 is 0. The van der Waals surface area contributed by atoms with Crippen LogP contribution in [0.25, 0.3) is 0 Å². The molecule has 0 aliphatic carbocycles. The van der Waals surface area contributed by atoms with Gasteiger partial charge in [-0.05, 0) is 54.3 Å². The molecule has 2 aromatic rings. The Morgan fingerprint density at radius 2 is 1.80 bits per heavy atom. The lowest BCUT2D eigenvalue weighted by Crippen LogP contribution is -2.42. The predicted octanol–water partition coefficient (Wildman–Crippen LogP) is 2.54. The van der Waals surface area contributed by atoms with Crippen molar-refractivity contribution in [2.75, 3.05) is 0 Å². The highest BCUT2D eigenvalue weighted by molar-refractivity contribution is 5.97. The standard InChI is InChI=1S/C18H18F2N2O3/c1-3-12-10(2)16(23)7-5-13(12)18(25)22-21-17(24)9-11-4-6-14(19)15(20)8-11/h4-8,23H,3,9H2,1-2H3,(H,21,24)(H,22,25). The van der Waals surface area contributed by atoms with Crippen LogP contribution in [0.1, 0.15) is 34.0 Å². The molecule has 2 amide bonds. The molecule has 0 fully saturated rings. The number of rotatable bonds is 4. The van der Waals surface area contributed by atoms with Gasteiger partial charge in [0.25, 0.3) is 5.91 Å². The first-order valence-electron chi connectivity index (χ1n) is 7.68. The molecule has 0 aliphatic heterocycles. The number of nitrogens with one attached hydrogen (secondary N) is 2. The van der Waals surface area contributed by atoms with Crippen LogP contribution in [0.4, 0.5) is 8.78 Å². The molecule has 0 atom stereocenters. The highest BCUT2D eigenvalue weighted by Crippen LogP contribution is 2.24. The molecule has 0 aliphatic rings. The molecule has 2 aromatic carbocycles. The van der Waals surface area contributed by atoms with E-state index in [0.717, 1.165) is 12.1 Å². The minimum Gasteiger partial charge on any atom is -0.508 e. The third kappa shape index (κ3) is 4.32. The SMILES string of the molecule is CCc1c(C(=O)NNC(=O)Cc2ccc(F)c(F)c2)ccc(O)c1C. The predicted molar refractivity (Wildman–Crippen MR) is 87.9 cm³/mol. The number of aromatic hydroxyl groups is 1. The lowest BCUT2D eigenvalue weighted by Gasteiger charge is -2.13. The fraction of sp³-hybridized carbons (Fsp3) is 0.222. The summed E-state index contributed by atoms with van der Waals surface area (Å²) in [5.74, 6) is -3.05. The Bertz CT molecular complexity index is 822. The Labute approximate surface area is 143 Å². The highest BCUT2D eigenvalue weighted by Gasteiger charge is 2.15. The smallest absolute Gasteiger partial charge is 0.269 e. The zero-order chi connectivity index (χ0) is 18.6. The van der Waals surface area contributed by atoms with Crippen molar-refractivity contribution in [2.24, 2.45) is 0 Å². The summed E-state index contributed by atoms with van der Waals surface area (Å²) in [6.07, 6.45) is 0.318. The fourth-order valence-electron chi connectivity index (χ4n) is 2.49. The Kier molecular flexibility index (Phi) is 5.69. The van der Waals surface area contributed by atoms with E-state index >= 15 is 0 Å². The van der Waals surface area contributed by atoms with Crippen LogP contribution in [-0.4, -0.2) is 16.9 Å². The van der Waals surface area contributed by atoms with Gasteiger partial charge in [0.05, 0.1) is 6.42 Å².